The van der Waals surface area contributed by atoms with Gasteiger partial charge in [0.25, 0.3) is 0 Å². The van der Waals surface area contributed by atoms with Gasteiger partial charge in [-0.05, 0) is 44.0 Å². The molecule has 0 bridgehead atoms. The maximum absolute atomic E-state index is 8.47. The molecule has 0 atom stereocenters. The van der Waals surface area contributed by atoms with Gasteiger partial charge in [0, 0.05) is 7.05 Å². The van der Waals surface area contributed by atoms with Crippen molar-refractivity contribution in [3.63, 3.8) is 0 Å². The molecule has 0 unspecified atom stereocenters. The first-order valence-corrected chi connectivity index (χ1v) is 11.0. The summed E-state index contributed by atoms with van der Waals surface area (Å²) in [6.45, 7) is 6.25. The molecule has 0 amide bonds. The molecule has 1 heterocycles. The van der Waals surface area contributed by atoms with Crippen molar-refractivity contribution in [2.45, 2.75) is 20.8 Å². The van der Waals surface area contributed by atoms with Gasteiger partial charge in [-0.25, -0.2) is 4.40 Å². The van der Waals surface area contributed by atoms with Crippen molar-refractivity contribution >= 4 is 50.3 Å². The molecule has 2 aromatic rings. The van der Waals surface area contributed by atoms with Gasteiger partial charge in [-0.1, -0.05) is 17.7 Å². The van der Waals surface area contributed by atoms with Crippen LogP contribution in [0.25, 0.3) is 0 Å². The van der Waals surface area contributed by atoms with E-state index < -0.39 is 0 Å². The van der Waals surface area contributed by atoms with Crippen LogP contribution in [0.5, 0.6) is 0 Å². The van der Waals surface area contributed by atoms with Gasteiger partial charge < -0.3 is 4.57 Å². The third-order valence-corrected chi connectivity index (χ3v) is 3.73. The SMILES string of the molecule is Cc1cc(C)c(N=Cc2ccc(/C=N/SC#N)n2C)c(C)c1.[Cl][Fe][Cl]. The van der Waals surface area contributed by atoms with E-state index in [0.29, 0.717) is 0 Å². The van der Waals surface area contributed by atoms with E-state index in [0.717, 1.165) is 29.0 Å². The Bertz CT molecular complexity index is 786. The molecule has 0 saturated carbocycles. The first-order chi connectivity index (χ1) is 11.9. The Kier molecular flexibility index (Phi) is 9.96. The minimum atomic E-state index is 0.194. The Balaban J connectivity index is 0.000000970. The summed E-state index contributed by atoms with van der Waals surface area (Å²) in [5, 5.41) is 10.4. The number of nitrogens with zero attached hydrogens (tertiary/aromatic N) is 4. The third-order valence-electron chi connectivity index (χ3n) is 3.44. The molecule has 134 valence electrons. The summed E-state index contributed by atoms with van der Waals surface area (Å²) in [7, 11) is 11.5. The quantitative estimate of drug-likeness (QED) is 0.270. The Labute approximate surface area is 167 Å². The monoisotopic (exact) mass is 436 g/mol. The Hall–Kier alpha value is -1.22. The summed E-state index contributed by atoms with van der Waals surface area (Å²) >= 11 is 1.06. The van der Waals surface area contributed by atoms with Crippen LogP contribution in [0.1, 0.15) is 28.1 Å². The van der Waals surface area contributed by atoms with Crippen LogP contribution in [0.4, 0.5) is 5.69 Å². The fourth-order valence-electron chi connectivity index (χ4n) is 2.41. The second-order valence-corrected chi connectivity index (χ2v) is 7.61. The van der Waals surface area contributed by atoms with Gasteiger partial charge >= 0.3 is 33.3 Å². The van der Waals surface area contributed by atoms with Crippen molar-refractivity contribution in [1.29, 1.82) is 5.26 Å². The third kappa shape index (κ3) is 6.89. The summed E-state index contributed by atoms with van der Waals surface area (Å²) in [6.07, 6.45) is 3.53. The second-order valence-electron chi connectivity index (χ2n) is 5.22. The van der Waals surface area contributed by atoms with Gasteiger partial charge in [0.2, 0.25) is 0 Å². The Morgan fingerprint density at radius 3 is 2.16 bits per heavy atom. The average Bonchev–Trinajstić information content (AvgIpc) is 2.88. The predicted molar refractivity (Wildman–Crippen MR) is 106 cm³/mol. The summed E-state index contributed by atoms with van der Waals surface area (Å²) in [4.78, 5) is 4.64. The number of halogens is 2. The van der Waals surface area contributed by atoms with E-state index in [4.69, 9.17) is 25.5 Å². The summed E-state index contributed by atoms with van der Waals surface area (Å²) in [5.41, 5.74) is 6.54. The molecule has 0 aliphatic rings. The number of thiocyanates is 1. The first kappa shape index (κ1) is 21.8. The van der Waals surface area contributed by atoms with E-state index in [1.165, 1.54) is 16.7 Å². The Morgan fingerprint density at radius 1 is 1.12 bits per heavy atom. The number of rotatable bonds is 4. The van der Waals surface area contributed by atoms with E-state index in [1.54, 1.807) is 6.21 Å². The normalized spacial score (nSPS) is 10.9. The first-order valence-electron chi connectivity index (χ1n) is 7.15. The molecule has 2 rings (SSSR count). The molecule has 0 aliphatic heterocycles. The maximum atomic E-state index is 8.47. The van der Waals surface area contributed by atoms with Gasteiger partial charge in [0.1, 0.15) is 0 Å². The van der Waals surface area contributed by atoms with Crippen LogP contribution in [0, 0.1) is 31.4 Å². The van der Waals surface area contributed by atoms with Gasteiger partial charge in [0.05, 0.1) is 41.5 Å². The fraction of sp³-hybridized carbons (Fsp3) is 0.235. The second kappa shape index (κ2) is 11.4. The van der Waals surface area contributed by atoms with Crippen LogP contribution in [-0.4, -0.2) is 17.0 Å². The van der Waals surface area contributed by atoms with Crippen molar-refractivity contribution in [3.05, 3.63) is 52.3 Å². The molecule has 0 spiro atoms. The van der Waals surface area contributed by atoms with Crippen molar-refractivity contribution in [3.8, 4) is 5.40 Å². The standard InChI is InChI=1S/C17H18N4S.2ClH.Fe/c1-12-7-13(2)17(14(3)8-12)19-9-15-5-6-16(21(15)4)10-20-22-11-18;;;/h5-10H,1-4H3;2*1H;/q;;;+2/p-2/b19-9?,20-10+;;;. The summed E-state index contributed by atoms with van der Waals surface area (Å²) < 4.78 is 5.95. The molecule has 0 fully saturated rings. The number of hydrogen-bond donors (Lipinski definition) is 0. The number of aliphatic imine (C=N–C) groups is 1. The molecule has 1 aromatic heterocycles. The van der Waals surface area contributed by atoms with Crippen LogP contribution < -0.4 is 0 Å². The molecule has 8 heteroatoms. The van der Waals surface area contributed by atoms with Gasteiger partial charge in [-0.3, -0.25) is 4.99 Å². The molecule has 4 nitrogen and oxygen atoms in total. The van der Waals surface area contributed by atoms with E-state index in [-0.39, 0.29) is 13.1 Å². The molecular formula is C17H18Cl2FeN4S. The molecular weight excluding hydrogens is 419 g/mol. The predicted octanol–water partition coefficient (Wildman–Crippen LogP) is 5.63. The molecule has 0 radical (unpaired) electrons. The van der Waals surface area contributed by atoms with Crippen LogP contribution in [0.15, 0.2) is 33.7 Å². The van der Waals surface area contributed by atoms with Crippen molar-refractivity contribution in [2.75, 3.05) is 0 Å². The number of aryl methyl sites for hydroxylation is 3. The molecule has 0 aliphatic carbocycles. The number of nitriles is 1. The minimum absolute atomic E-state index is 0.194. The van der Waals surface area contributed by atoms with Crippen LogP contribution in [-0.2, 0) is 20.2 Å². The van der Waals surface area contributed by atoms with Crippen molar-refractivity contribution in [2.24, 2.45) is 16.4 Å². The van der Waals surface area contributed by atoms with Gasteiger partial charge in [0.15, 0.2) is 5.40 Å². The van der Waals surface area contributed by atoms with Crippen LogP contribution in [0.2, 0.25) is 0 Å². The van der Waals surface area contributed by atoms with Gasteiger partial charge in [-0.15, -0.1) is 0 Å². The van der Waals surface area contributed by atoms with Crippen LogP contribution >= 0.6 is 32.1 Å². The summed E-state index contributed by atoms with van der Waals surface area (Å²) in [6, 6.07) is 8.22. The number of benzene rings is 1. The van der Waals surface area contributed by atoms with E-state index in [2.05, 4.69) is 42.3 Å². The van der Waals surface area contributed by atoms with E-state index >= 15 is 0 Å². The van der Waals surface area contributed by atoms with Crippen LogP contribution in [0.3, 0.4) is 0 Å². The van der Waals surface area contributed by atoms with Crippen molar-refractivity contribution in [1.82, 2.24) is 4.57 Å². The summed E-state index contributed by atoms with van der Waals surface area (Å²) in [5.74, 6) is 0. The molecule has 0 saturated heterocycles. The van der Waals surface area contributed by atoms with E-state index in [1.807, 2.05) is 35.4 Å². The van der Waals surface area contributed by atoms with Crippen molar-refractivity contribution < 1.29 is 13.1 Å². The number of aromatic nitrogens is 1. The molecule has 1 aromatic carbocycles. The topological polar surface area (TPSA) is 53.4 Å². The number of hydrogen-bond acceptors (Lipinski definition) is 4. The molecule has 25 heavy (non-hydrogen) atoms. The van der Waals surface area contributed by atoms with Gasteiger partial charge in [-0.2, -0.15) is 5.26 Å². The zero-order valence-corrected chi connectivity index (χ0v) is 17.7. The Morgan fingerprint density at radius 2 is 1.64 bits per heavy atom. The molecule has 0 N–H and O–H groups in total. The average molecular weight is 437 g/mol. The zero-order chi connectivity index (χ0) is 18.8. The zero-order valence-electron chi connectivity index (χ0n) is 14.3. The fourth-order valence-corrected chi connectivity index (χ4v) is 2.62. The van der Waals surface area contributed by atoms with E-state index in [9.17, 15) is 0 Å².